The minimum absolute atomic E-state index is 0.00716. The van der Waals surface area contributed by atoms with Crippen LogP contribution in [0.4, 0.5) is 10.5 Å². The first-order valence-corrected chi connectivity index (χ1v) is 10.5. The van der Waals surface area contributed by atoms with Gasteiger partial charge in [0.25, 0.3) is 5.91 Å². The Hall–Kier alpha value is -2.33. The smallest absolute Gasteiger partial charge is 0.409 e. The Morgan fingerprint density at radius 2 is 1.93 bits per heavy atom. The summed E-state index contributed by atoms with van der Waals surface area (Å²) in [7, 11) is -2.75. The van der Waals surface area contributed by atoms with Crippen LogP contribution in [0.5, 0.6) is 0 Å². The van der Waals surface area contributed by atoms with Crippen LogP contribution in [0.25, 0.3) is 0 Å². The van der Waals surface area contributed by atoms with Gasteiger partial charge in [-0.3, -0.25) is 9.52 Å². The predicted octanol–water partition coefficient (Wildman–Crippen LogP) is 1.01. The molecule has 0 radical (unpaired) electrons. The highest BCUT2D eigenvalue weighted by molar-refractivity contribution is 7.73. The van der Waals surface area contributed by atoms with Crippen LogP contribution in [0.2, 0.25) is 0 Å². The van der Waals surface area contributed by atoms with E-state index in [1.54, 1.807) is 34.9 Å². The van der Waals surface area contributed by atoms with Crippen LogP contribution < -0.4 is 4.72 Å². The highest BCUT2D eigenvalue weighted by Gasteiger charge is 2.27. The molecule has 0 bridgehead atoms. The molecule has 1 unspecified atom stereocenters. The van der Waals surface area contributed by atoms with Crippen molar-refractivity contribution in [2.75, 3.05) is 44.1 Å². The summed E-state index contributed by atoms with van der Waals surface area (Å²) < 4.78 is 34.7. The molecule has 9 nitrogen and oxygen atoms in total. The largest absolute Gasteiger partial charge is 0.447 e. The third-order valence-corrected chi connectivity index (χ3v) is 5.35. The van der Waals surface area contributed by atoms with Crippen molar-refractivity contribution >= 4 is 28.6 Å². The summed E-state index contributed by atoms with van der Waals surface area (Å²) in [5.41, 5.74) is 1.60. The first kappa shape index (κ1) is 20.4. The number of carbonyl (C=O) groups is 2. The predicted molar refractivity (Wildman–Crippen MR) is 103 cm³/mol. The zero-order valence-electron chi connectivity index (χ0n) is 15.8. The molecule has 0 aromatic heterocycles. The maximum absolute atomic E-state index is 12.7. The van der Waals surface area contributed by atoms with E-state index in [2.05, 4.69) is 4.72 Å². The van der Waals surface area contributed by atoms with Gasteiger partial charge >= 0.3 is 6.09 Å². The van der Waals surface area contributed by atoms with Crippen molar-refractivity contribution in [1.29, 1.82) is 0 Å². The van der Waals surface area contributed by atoms with Crippen LogP contribution in [-0.2, 0) is 20.4 Å². The summed E-state index contributed by atoms with van der Waals surface area (Å²) >= 11 is 0. The first-order valence-electron chi connectivity index (χ1n) is 9.28. The van der Waals surface area contributed by atoms with E-state index in [-0.39, 0.29) is 24.7 Å². The molecule has 2 aliphatic heterocycles. The third kappa shape index (κ3) is 5.14. The normalized spacial score (nSPS) is 19.7. The molecular formula is C18H25N3O6S. The second kappa shape index (κ2) is 9.24. The average molecular weight is 411 g/mol. The number of amides is 2. The van der Waals surface area contributed by atoms with E-state index in [0.29, 0.717) is 43.0 Å². The van der Waals surface area contributed by atoms with E-state index in [1.165, 1.54) is 0 Å². The number of nitrogens with one attached hydrogen (secondary N) is 1. The van der Waals surface area contributed by atoms with Gasteiger partial charge in [-0.15, -0.1) is 0 Å². The molecule has 2 fully saturated rings. The van der Waals surface area contributed by atoms with Crippen LogP contribution >= 0.6 is 0 Å². The highest BCUT2D eigenvalue weighted by atomic mass is 32.2. The number of rotatable bonds is 5. The molecule has 2 aliphatic rings. The molecule has 1 atom stereocenters. The number of nitrogens with zero attached hydrogens (tertiary/aromatic N) is 2. The van der Waals surface area contributed by atoms with Gasteiger partial charge in [0.05, 0.1) is 11.8 Å². The van der Waals surface area contributed by atoms with Gasteiger partial charge in [0.2, 0.25) is 10.9 Å². The molecule has 154 valence electrons. The molecular weight excluding hydrogens is 386 g/mol. The number of carbonyl (C=O) groups excluding carboxylic acids is 2. The van der Waals surface area contributed by atoms with Gasteiger partial charge in [-0.2, -0.15) is 0 Å². The minimum atomic E-state index is -2.75. The SMILES string of the molecule is Cc1cc(C(=O)N2CCN(C(=O)OCC3CCCO3)CC2)ccc1N[SH](=O)=O. The molecule has 2 heterocycles. The molecule has 1 N–H and O–H groups in total. The van der Waals surface area contributed by atoms with Crippen molar-refractivity contribution in [3.63, 3.8) is 0 Å². The summed E-state index contributed by atoms with van der Waals surface area (Å²) in [5.74, 6) is -0.145. The lowest BCUT2D eigenvalue weighted by Crippen LogP contribution is -2.51. The summed E-state index contributed by atoms with van der Waals surface area (Å²) in [6.07, 6.45) is 1.52. The van der Waals surface area contributed by atoms with Crippen molar-refractivity contribution < 1.29 is 27.5 Å². The molecule has 28 heavy (non-hydrogen) atoms. The van der Waals surface area contributed by atoms with Crippen LogP contribution in [0.3, 0.4) is 0 Å². The number of hydrogen-bond acceptors (Lipinski definition) is 6. The lowest BCUT2D eigenvalue weighted by molar-refractivity contribution is 0.0225. The van der Waals surface area contributed by atoms with Gasteiger partial charge in [0.1, 0.15) is 6.61 Å². The van der Waals surface area contributed by atoms with Crippen molar-refractivity contribution in [2.45, 2.75) is 25.9 Å². The van der Waals surface area contributed by atoms with Crippen molar-refractivity contribution in [1.82, 2.24) is 9.80 Å². The Labute approximate surface area is 165 Å². The van der Waals surface area contributed by atoms with E-state index >= 15 is 0 Å². The Kier molecular flexibility index (Phi) is 6.74. The number of anilines is 1. The summed E-state index contributed by atoms with van der Waals surface area (Å²) in [6.45, 7) is 4.37. The number of aryl methyl sites for hydroxylation is 1. The maximum Gasteiger partial charge on any atom is 0.409 e. The second-order valence-electron chi connectivity index (χ2n) is 6.89. The Morgan fingerprint density at radius 3 is 2.54 bits per heavy atom. The fourth-order valence-electron chi connectivity index (χ4n) is 3.33. The molecule has 1 aromatic carbocycles. The van der Waals surface area contributed by atoms with Gasteiger partial charge in [0.15, 0.2) is 0 Å². The topological polar surface area (TPSA) is 105 Å². The molecule has 0 spiro atoms. The number of hydrogen-bond donors (Lipinski definition) is 2. The molecule has 2 saturated heterocycles. The minimum Gasteiger partial charge on any atom is -0.447 e. The Morgan fingerprint density at radius 1 is 1.21 bits per heavy atom. The fourth-order valence-corrected chi connectivity index (χ4v) is 3.77. The van der Waals surface area contributed by atoms with E-state index in [9.17, 15) is 18.0 Å². The molecule has 0 saturated carbocycles. The van der Waals surface area contributed by atoms with Gasteiger partial charge in [-0.1, -0.05) is 0 Å². The standard InChI is InChI=1S/C18H25N3O6S/c1-13-11-14(4-5-16(13)19-28(24)25)17(22)20-6-8-21(9-7-20)18(23)27-12-15-3-2-10-26-15/h4-5,11,15,28H,2-3,6-10,12H2,1H3,(H,19,24,25). The van der Waals surface area contributed by atoms with Crippen LogP contribution in [0, 0.1) is 6.92 Å². The number of benzene rings is 1. The quantitative estimate of drug-likeness (QED) is 0.701. The fraction of sp³-hybridized carbons (Fsp3) is 0.556. The molecule has 1 aromatic rings. The summed E-state index contributed by atoms with van der Waals surface area (Å²) in [4.78, 5) is 28.1. The Bertz CT molecular complexity index is 791. The summed E-state index contributed by atoms with van der Waals surface area (Å²) in [5, 5.41) is 0. The molecule has 2 amide bonds. The van der Waals surface area contributed by atoms with Crippen LogP contribution in [0.1, 0.15) is 28.8 Å². The van der Waals surface area contributed by atoms with Crippen molar-refractivity contribution in [2.24, 2.45) is 0 Å². The van der Waals surface area contributed by atoms with Gasteiger partial charge in [0, 0.05) is 38.3 Å². The molecule has 3 rings (SSSR count). The number of ether oxygens (including phenoxy) is 2. The monoisotopic (exact) mass is 411 g/mol. The van der Waals surface area contributed by atoms with Crippen LogP contribution in [0.15, 0.2) is 18.2 Å². The van der Waals surface area contributed by atoms with Crippen LogP contribution in [-0.4, -0.2) is 75.7 Å². The highest BCUT2D eigenvalue weighted by Crippen LogP contribution is 2.19. The molecule has 0 aliphatic carbocycles. The van der Waals surface area contributed by atoms with E-state index in [0.717, 1.165) is 19.4 Å². The van der Waals surface area contributed by atoms with Crippen molar-refractivity contribution in [3.8, 4) is 0 Å². The lowest BCUT2D eigenvalue weighted by Gasteiger charge is -2.34. The van der Waals surface area contributed by atoms with E-state index in [4.69, 9.17) is 9.47 Å². The van der Waals surface area contributed by atoms with E-state index in [1.807, 2.05) is 0 Å². The lowest BCUT2D eigenvalue weighted by atomic mass is 10.1. The zero-order valence-corrected chi connectivity index (χ0v) is 16.7. The molecule has 10 heteroatoms. The van der Waals surface area contributed by atoms with Gasteiger partial charge < -0.3 is 19.3 Å². The number of thiol groups is 1. The first-order chi connectivity index (χ1) is 13.4. The number of piperazine rings is 1. The zero-order chi connectivity index (χ0) is 20.1. The third-order valence-electron chi connectivity index (χ3n) is 4.93. The summed E-state index contributed by atoms with van der Waals surface area (Å²) in [6, 6.07) is 4.83. The second-order valence-corrected chi connectivity index (χ2v) is 7.63. The van der Waals surface area contributed by atoms with E-state index < -0.39 is 10.9 Å². The maximum atomic E-state index is 12.7. The average Bonchev–Trinajstić information content (AvgIpc) is 3.20. The van der Waals surface area contributed by atoms with Gasteiger partial charge in [-0.25, -0.2) is 13.2 Å². The van der Waals surface area contributed by atoms with Crippen molar-refractivity contribution in [3.05, 3.63) is 29.3 Å². The Balaban J connectivity index is 1.50. The van der Waals surface area contributed by atoms with Gasteiger partial charge in [-0.05, 0) is 43.5 Å².